The number of aromatic nitrogens is 1. The van der Waals surface area contributed by atoms with Gasteiger partial charge in [-0.25, -0.2) is 0 Å². The average molecular weight is 260 g/mol. The molecule has 2 aliphatic rings. The van der Waals surface area contributed by atoms with Gasteiger partial charge in [0.2, 0.25) is 0 Å². The highest BCUT2D eigenvalue weighted by molar-refractivity contribution is 5.12. The normalized spacial score (nSPS) is 26.9. The van der Waals surface area contributed by atoms with Crippen molar-refractivity contribution < 1.29 is 4.74 Å². The van der Waals surface area contributed by atoms with Gasteiger partial charge >= 0.3 is 0 Å². The van der Waals surface area contributed by atoms with Gasteiger partial charge in [-0.2, -0.15) is 0 Å². The van der Waals surface area contributed by atoms with Gasteiger partial charge in [0.05, 0.1) is 5.60 Å². The minimum atomic E-state index is 0.246. The first-order valence-corrected chi connectivity index (χ1v) is 7.51. The van der Waals surface area contributed by atoms with Crippen LogP contribution in [0.3, 0.4) is 0 Å². The van der Waals surface area contributed by atoms with Crippen molar-refractivity contribution in [3.63, 3.8) is 0 Å². The zero-order chi connectivity index (χ0) is 13.1. The molecule has 0 radical (unpaired) electrons. The van der Waals surface area contributed by atoms with Crippen LogP contribution in [0.4, 0.5) is 0 Å². The van der Waals surface area contributed by atoms with E-state index in [0.717, 1.165) is 18.9 Å². The number of hydrogen-bond acceptors (Lipinski definition) is 3. The number of pyridine rings is 1. The largest absolute Gasteiger partial charge is 0.375 e. The summed E-state index contributed by atoms with van der Waals surface area (Å²) < 4.78 is 6.04. The summed E-state index contributed by atoms with van der Waals surface area (Å²) in [7, 11) is 2.09. The van der Waals surface area contributed by atoms with Crippen LogP contribution in [-0.2, 0) is 11.2 Å². The number of likely N-dealkylation sites (N-methyl/N-ethyl adjacent to an activating group) is 1. The van der Waals surface area contributed by atoms with E-state index in [1.54, 1.807) is 0 Å². The van der Waals surface area contributed by atoms with E-state index < -0.39 is 0 Å². The van der Waals surface area contributed by atoms with Gasteiger partial charge in [0.15, 0.2) is 0 Å². The number of nitrogens with zero attached hydrogens (tertiary/aromatic N) is 1. The van der Waals surface area contributed by atoms with Crippen LogP contribution < -0.4 is 5.32 Å². The second-order valence-corrected chi connectivity index (χ2v) is 6.09. The van der Waals surface area contributed by atoms with Crippen molar-refractivity contribution in [1.82, 2.24) is 10.3 Å². The number of ether oxygens (including phenoxy) is 1. The van der Waals surface area contributed by atoms with Crippen LogP contribution in [0.2, 0.25) is 0 Å². The van der Waals surface area contributed by atoms with Crippen LogP contribution in [0.15, 0.2) is 24.5 Å². The summed E-state index contributed by atoms with van der Waals surface area (Å²) in [6, 6.07) is 4.81. The van der Waals surface area contributed by atoms with Crippen LogP contribution in [0, 0.1) is 5.92 Å². The topological polar surface area (TPSA) is 34.2 Å². The van der Waals surface area contributed by atoms with Gasteiger partial charge < -0.3 is 10.1 Å². The lowest BCUT2D eigenvalue weighted by atomic mass is 9.70. The first kappa shape index (κ1) is 13.1. The number of hydrogen-bond donors (Lipinski definition) is 1. The van der Waals surface area contributed by atoms with Crippen LogP contribution in [0.25, 0.3) is 0 Å². The monoisotopic (exact) mass is 260 g/mol. The number of nitrogens with one attached hydrogen (secondary N) is 1. The molecule has 1 aromatic rings. The van der Waals surface area contributed by atoms with Crippen molar-refractivity contribution in [2.24, 2.45) is 5.92 Å². The molecule has 19 heavy (non-hydrogen) atoms. The molecule has 1 aliphatic heterocycles. The third-order valence-electron chi connectivity index (χ3n) is 4.94. The Morgan fingerprint density at radius 2 is 2.21 bits per heavy atom. The van der Waals surface area contributed by atoms with Gasteiger partial charge in [-0.1, -0.05) is 0 Å². The van der Waals surface area contributed by atoms with Crippen LogP contribution in [-0.4, -0.2) is 30.3 Å². The Balaban J connectivity index is 1.64. The lowest BCUT2D eigenvalue weighted by Gasteiger charge is -2.48. The van der Waals surface area contributed by atoms with Crippen molar-refractivity contribution in [2.45, 2.75) is 50.2 Å². The van der Waals surface area contributed by atoms with E-state index in [2.05, 4.69) is 29.5 Å². The van der Waals surface area contributed by atoms with E-state index in [9.17, 15) is 0 Å². The highest BCUT2D eigenvalue weighted by Crippen LogP contribution is 2.45. The first-order chi connectivity index (χ1) is 9.31. The van der Waals surface area contributed by atoms with E-state index in [1.807, 2.05) is 12.4 Å². The van der Waals surface area contributed by atoms with Gasteiger partial charge in [-0.05, 0) is 69.2 Å². The Morgan fingerprint density at radius 3 is 2.84 bits per heavy atom. The maximum Gasteiger partial charge on any atom is 0.0685 e. The van der Waals surface area contributed by atoms with Gasteiger partial charge in [0.25, 0.3) is 0 Å². The summed E-state index contributed by atoms with van der Waals surface area (Å²) in [6.45, 7) is 0.944. The molecule has 1 saturated carbocycles. The Bertz CT molecular complexity index is 402. The SMILES string of the molecule is CNC(Cc1ccncc1)C1CCOC2(CCC2)C1. The molecule has 3 rings (SSSR count). The molecule has 1 N–H and O–H groups in total. The molecule has 2 unspecified atom stereocenters. The van der Waals surface area contributed by atoms with Crippen LogP contribution >= 0.6 is 0 Å². The first-order valence-electron chi connectivity index (χ1n) is 7.51. The minimum Gasteiger partial charge on any atom is -0.375 e. The summed E-state index contributed by atoms with van der Waals surface area (Å²) >= 11 is 0. The lowest BCUT2D eigenvalue weighted by Crippen LogP contribution is -2.50. The van der Waals surface area contributed by atoms with Crippen LogP contribution in [0.5, 0.6) is 0 Å². The predicted molar refractivity (Wildman–Crippen MR) is 76.0 cm³/mol. The summed E-state index contributed by atoms with van der Waals surface area (Å²) in [5.74, 6) is 0.743. The molecular formula is C16H24N2O. The smallest absolute Gasteiger partial charge is 0.0685 e. The van der Waals surface area contributed by atoms with Crippen molar-refractivity contribution in [1.29, 1.82) is 0 Å². The van der Waals surface area contributed by atoms with Gasteiger partial charge in [0.1, 0.15) is 0 Å². The molecular weight excluding hydrogens is 236 g/mol. The Labute approximate surface area is 115 Å². The second-order valence-electron chi connectivity index (χ2n) is 6.09. The second kappa shape index (κ2) is 5.59. The standard InChI is InChI=1S/C16H24N2O/c1-17-15(11-13-3-8-18-9-4-13)14-5-10-19-16(12-14)6-2-7-16/h3-4,8-9,14-15,17H,2,5-7,10-12H2,1H3. The Kier molecular flexibility index (Phi) is 3.85. The molecule has 1 aliphatic carbocycles. The minimum absolute atomic E-state index is 0.246. The van der Waals surface area contributed by atoms with Crippen molar-refractivity contribution in [3.8, 4) is 0 Å². The summed E-state index contributed by atoms with van der Waals surface area (Å²) in [5.41, 5.74) is 1.62. The molecule has 104 valence electrons. The van der Waals surface area contributed by atoms with Crippen LogP contribution in [0.1, 0.15) is 37.7 Å². The quantitative estimate of drug-likeness (QED) is 0.903. The molecule has 3 heteroatoms. The van der Waals surface area contributed by atoms with Gasteiger partial charge in [-0.3, -0.25) is 4.98 Å². The molecule has 3 nitrogen and oxygen atoms in total. The fraction of sp³-hybridized carbons (Fsp3) is 0.688. The molecule has 1 aromatic heterocycles. The summed E-state index contributed by atoms with van der Waals surface area (Å²) in [6.07, 6.45) is 11.2. The maximum atomic E-state index is 6.04. The highest BCUT2D eigenvalue weighted by atomic mass is 16.5. The Morgan fingerprint density at radius 1 is 1.42 bits per heavy atom. The van der Waals surface area contributed by atoms with E-state index in [4.69, 9.17) is 4.74 Å². The van der Waals surface area contributed by atoms with Crippen molar-refractivity contribution >= 4 is 0 Å². The van der Waals surface area contributed by atoms with E-state index in [1.165, 1.54) is 37.7 Å². The fourth-order valence-corrected chi connectivity index (χ4v) is 3.61. The highest BCUT2D eigenvalue weighted by Gasteiger charge is 2.43. The third-order valence-corrected chi connectivity index (χ3v) is 4.94. The molecule has 0 bridgehead atoms. The van der Waals surface area contributed by atoms with Crippen molar-refractivity contribution in [2.75, 3.05) is 13.7 Å². The molecule has 2 fully saturated rings. The fourth-order valence-electron chi connectivity index (χ4n) is 3.61. The zero-order valence-corrected chi connectivity index (χ0v) is 11.8. The van der Waals surface area contributed by atoms with Crippen molar-refractivity contribution in [3.05, 3.63) is 30.1 Å². The average Bonchev–Trinajstić information content (AvgIpc) is 2.44. The third kappa shape index (κ3) is 2.82. The molecule has 2 atom stereocenters. The Hall–Kier alpha value is -0.930. The molecule has 1 saturated heterocycles. The molecule has 0 amide bonds. The zero-order valence-electron chi connectivity index (χ0n) is 11.8. The molecule has 0 aromatic carbocycles. The van der Waals surface area contributed by atoms with Gasteiger partial charge in [0, 0.05) is 25.0 Å². The van der Waals surface area contributed by atoms with E-state index >= 15 is 0 Å². The number of rotatable bonds is 4. The maximum absolute atomic E-state index is 6.04. The molecule has 2 heterocycles. The van der Waals surface area contributed by atoms with Gasteiger partial charge in [-0.15, -0.1) is 0 Å². The summed E-state index contributed by atoms with van der Waals surface area (Å²) in [5, 5.41) is 3.53. The molecule has 1 spiro atoms. The predicted octanol–water partition coefficient (Wildman–Crippen LogP) is 2.56. The van der Waals surface area contributed by atoms with E-state index in [-0.39, 0.29) is 5.60 Å². The summed E-state index contributed by atoms with van der Waals surface area (Å²) in [4.78, 5) is 4.10. The lowest BCUT2D eigenvalue weighted by molar-refractivity contribution is -0.146. The van der Waals surface area contributed by atoms with E-state index in [0.29, 0.717) is 6.04 Å².